The van der Waals surface area contributed by atoms with Gasteiger partial charge < -0.3 is 4.40 Å². The molecule has 0 aliphatic carbocycles. The smallest absolute Gasteiger partial charge is 0.136 e. The van der Waals surface area contributed by atoms with E-state index in [2.05, 4.69) is 35.5 Å². The molecule has 0 aromatic carbocycles. The van der Waals surface area contributed by atoms with Crippen LogP contribution in [0.15, 0.2) is 24.5 Å². The average Bonchev–Trinajstić information content (AvgIpc) is 2.52. The number of nitrogens with zero attached hydrogens (tertiary/aromatic N) is 2. The second-order valence-electron chi connectivity index (χ2n) is 2.83. The monoisotopic (exact) mass is 176 g/mol. The van der Waals surface area contributed by atoms with Crippen LogP contribution < -0.4 is 0 Å². The summed E-state index contributed by atoms with van der Waals surface area (Å²) in [6, 6.07) is 4.10. The molecule has 13 heavy (non-hydrogen) atoms. The summed E-state index contributed by atoms with van der Waals surface area (Å²) in [5.74, 6) is 0. The molecule has 0 radical (unpaired) electrons. The molecule has 2 aromatic heterocycles. The van der Waals surface area contributed by atoms with Gasteiger partial charge in [0.05, 0.1) is 0 Å². The topological polar surface area (TPSA) is 17.3 Å². The molecule has 0 N–H and O–H groups in total. The third kappa shape index (κ3) is 1.89. The van der Waals surface area contributed by atoms with Crippen molar-refractivity contribution in [3.8, 4) is 0 Å². The highest BCUT2D eigenvalue weighted by molar-refractivity contribution is 5.41. The fourth-order valence-electron chi connectivity index (χ4n) is 1.21. The number of hydrogen-bond acceptors (Lipinski definition) is 1. The lowest BCUT2D eigenvalue weighted by Crippen LogP contribution is -1.87. The third-order valence-corrected chi connectivity index (χ3v) is 1.84. The van der Waals surface area contributed by atoms with Gasteiger partial charge >= 0.3 is 0 Å². The zero-order chi connectivity index (χ0) is 9.84. The van der Waals surface area contributed by atoms with Gasteiger partial charge in [-0.2, -0.15) is 0 Å². The van der Waals surface area contributed by atoms with Crippen LogP contribution in [0.4, 0.5) is 0 Å². The Labute approximate surface area is 79.2 Å². The van der Waals surface area contributed by atoms with Crippen LogP contribution in [0, 0.1) is 13.8 Å². The fraction of sp³-hybridized carbons (Fsp3) is 0.364. The van der Waals surface area contributed by atoms with Gasteiger partial charge in [-0.05, 0) is 25.5 Å². The Morgan fingerprint density at radius 2 is 1.85 bits per heavy atom. The maximum absolute atomic E-state index is 4.22. The first kappa shape index (κ1) is 9.78. The minimum atomic E-state index is 1.02. The van der Waals surface area contributed by atoms with Gasteiger partial charge in [0.15, 0.2) is 0 Å². The highest BCUT2D eigenvalue weighted by Crippen LogP contribution is 2.06. The zero-order valence-corrected chi connectivity index (χ0v) is 8.70. The van der Waals surface area contributed by atoms with Crippen LogP contribution in [-0.2, 0) is 0 Å². The number of aryl methyl sites for hydroxylation is 2. The first-order chi connectivity index (χ1) is 6.27. The second-order valence-corrected chi connectivity index (χ2v) is 2.83. The highest BCUT2D eigenvalue weighted by Gasteiger charge is 1.96. The van der Waals surface area contributed by atoms with E-state index >= 15 is 0 Å². The number of imidazole rings is 1. The van der Waals surface area contributed by atoms with E-state index in [1.165, 1.54) is 11.3 Å². The van der Waals surface area contributed by atoms with Gasteiger partial charge in [0.25, 0.3) is 0 Å². The standard InChI is InChI=1S/C9H10N2.C2H6/c1-7-3-4-9-10-5-8(2)11(9)6-7;1-2/h3-6H,1-2H3;1-2H3. The van der Waals surface area contributed by atoms with Crippen LogP contribution in [0.25, 0.3) is 5.65 Å². The van der Waals surface area contributed by atoms with Crippen LogP contribution in [0.2, 0.25) is 0 Å². The van der Waals surface area contributed by atoms with Gasteiger partial charge in [-0.1, -0.05) is 19.9 Å². The van der Waals surface area contributed by atoms with Crippen molar-refractivity contribution in [2.75, 3.05) is 0 Å². The predicted octanol–water partition coefficient (Wildman–Crippen LogP) is 2.98. The number of aromatic nitrogens is 2. The van der Waals surface area contributed by atoms with Crippen molar-refractivity contribution >= 4 is 5.65 Å². The van der Waals surface area contributed by atoms with Crippen LogP contribution in [-0.4, -0.2) is 9.38 Å². The van der Waals surface area contributed by atoms with Crippen LogP contribution in [0.5, 0.6) is 0 Å². The molecular weight excluding hydrogens is 160 g/mol. The van der Waals surface area contributed by atoms with Gasteiger partial charge in [0.1, 0.15) is 5.65 Å². The van der Waals surface area contributed by atoms with E-state index in [1.807, 2.05) is 26.1 Å². The summed E-state index contributed by atoms with van der Waals surface area (Å²) >= 11 is 0. The second kappa shape index (κ2) is 4.08. The van der Waals surface area contributed by atoms with Crippen molar-refractivity contribution in [2.45, 2.75) is 27.7 Å². The van der Waals surface area contributed by atoms with Crippen LogP contribution in [0.3, 0.4) is 0 Å². The molecule has 70 valence electrons. The summed E-state index contributed by atoms with van der Waals surface area (Å²) in [5, 5.41) is 0. The fourth-order valence-corrected chi connectivity index (χ4v) is 1.21. The molecule has 0 saturated carbocycles. The van der Waals surface area contributed by atoms with Crippen LogP contribution in [0.1, 0.15) is 25.1 Å². The normalized spacial score (nSPS) is 9.54. The van der Waals surface area contributed by atoms with E-state index < -0.39 is 0 Å². The summed E-state index contributed by atoms with van der Waals surface area (Å²) in [7, 11) is 0. The summed E-state index contributed by atoms with van der Waals surface area (Å²) in [4.78, 5) is 4.22. The minimum Gasteiger partial charge on any atom is -0.304 e. The lowest BCUT2D eigenvalue weighted by atomic mass is 10.3. The van der Waals surface area contributed by atoms with E-state index in [1.54, 1.807) is 0 Å². The molecule has 0 bridgehead atoms. The summed E-state index contributed by atoms with van der Waals surface area (Å²) < 4.78 is 2.09. The van der Waals surface area contributed by atoms with Crippen molar-refractivity contribution in [1.29, 1.82) is 0 Å². The largest absolute Gasteiger partial charge is 0.304 e. The Kier molecular flexibility index (Phi) is 3.07. The summed E-state index contributed by atoms with van der Waals surface area (Å²) in [5.41, 5.74) is 3.47. The average molecular weight is 176 g/mol. The van der Waals surface area contributed by atoms with Crippen molar-refractivity contribution in [1.82, 2.24) is 9.38 Å². The maximum Gasteiger partial charge on any atom is 0.136 e. The molecule has 0 saturated heterocycles. The first-order valence-electron chi connectivity index (χ1n) is 4.68. The molecule has 2 rings (SSSR count). The van der Waals surface area contributed by atoms with Crippen LogP contribution >= 0.6 is 0 Å². The lowest BCUT2D eigenvalue weighted by Gasteiger charge is -1.96. The van der Waals surface area contributed by atoms with Crippen molar-refractivity contribution < 1.29 is 0 Å². The Bertz CT molecular complexity index is 388. The molecule has 2 heteroatoms. The number of hydrogen-bond donors (Lipinski definition) is 0. The number of fused-ring (bicyclic) bond motifs is 1. The molecule has 0 unspecified atom stereocenters. The molecule has 2 heterocycles. The number of pyridine rings is 1. The van der Waals surface area contributed by atoms with Gasteiger partial charge in [-0.15, -0.1) is 0 Å². The van der Waals surface area contributed by atoms with Crippen molar-refractivity contribution in [2.24, 2.45) is 0 Å². The minimum absolute atomic E-state index is 1.02. The van der Waals surface area contributed by atoms with Gasteiger partial charge in [-0.3, -0.25) is 0 Å². The van der Waals surface area contributed by atoms with E-state index in [0.29, 0.717) is 0 Å². The Morgan fingerprint density at radius 3 is 2.54 bits per heavy atom. The first-order valence-corrected chi connectivity index (χ1v) is 4.68. The molecule has 0 spiro atoms. The van der Waals surface area contributed by atoms with E-state index in [9.17, 15) is 0 Å². The number of rotatable bonds is 0. The van der Waals surface area contributed by atoms with E-state index in [-0.39, 0.29) is 0 Å². The lowest BCUT2D eigenvalue weighted by molar-refractivity contribution is 1.09. The molecule has 0 atom stereocenters. The maximum atomic E-state index is 4.22. The van der Waals surface area contributed by atoms with E-state index in [0.717, 1.165) is 5.65 Å². The molecule has 2 aromatic rings. The molecule has 0 aliphatic heterocycles. The van der Waals surface area contributed by atoms with Gasteiger partial charge in [0, 0.05) is 18.1 Å². The third-order valence-electron chi connectivity index (χ3n) is 1.84. The zero-order valence-electron chi connectivity index (χ0n) is 8.70. The molecule has 0 amide bonds. The quantitative estimate of drug-likeness (QED) is 0.603. The summed E-state index contributed by atoms with van der Waals surface area (Å²) in [6.45, 7) is 8.14. The summed E-state index contributed by atoms with van der Waals surface area (Å²) in [6.07, 6.45) is 3.98. The Hall–Kier alpha value is -1.31. The van der Waals surface area contributed by atoms with Gasteiger partial charge in [0.2, 0.25) is 0 Å². The Morgan fingerprint density at radius 1 is 1.15 bits per heavy atom. The Balaban J connectivity index is 0.000000396. The molecule has 2 nitrogen and oxygen atoms in total. The van der Waals surface area contributed by atoms with Crippen molar-refractivity contribution in [3.63, 3.8) is 0 Å². The molecular formula is C11H16N2. The molecule has 0 fully saturated rings. The molecule has 0 aliphatic rings. The highest BCUT2D eigenvalue weighted by atomic mass is 15.0. The van der Waals surface area contributed by atoms with E-state index in [4.69, 9.17) is 0 Å². The predicted molar refractivity (Wildman–Crippen MR) is 56.0 cm³/mol. The van der Waals surface area contributed by atoms with Crippen molar-refractivity contribution in [3.05, 3.63) is 35.8 Å². The van der Waals surface area contributed by atoms with Gasteiger partial charge in [-0.25, -0.2) is 4.98 Å². The SMILES string of the molecule is CC.Cc1ccc2ncc(C)n2c1.